The molecule has 0 unspecified atom stereocenters. The van der Waals surface area contributed by atoms with Crippen LogP contribution in [0.2, 0.25) is 0 Å². The molecule has 0 bridgehead atoms. The highest BCUT2D eigenvalue weighted by Gasteiger charge is 2.14. The number of aryl methyl sites for hydroxylation is 2. The monoisotopic (exact) mass is 480 g/mol. The Morgan fingerprint density at radius 3 is 1.22 bits per heavy atom. The van der Waals surface area contributed by atoms with Crippen LogP contribution in [0.5, 0.6) is 0 Å². The molecule has 0 aliphatic carbocycles. The van der Waals surface area contributed by atoms with Crippen LogP contribution in [0.15, 0.2) is 85.5 Å². The highest BCUT2D eigenvalue weighted by atomic mass is 15.2. The Kier molecular flexibility index (Phi) is 9.65. The average Bonchev–Trinajstić information content (AvgIpc) is 2.93. The zero-order chi connectivity index (χ0) is 25.0. The molecule has 6 nitrogen and oxygen atoms in total. The summed E-state index contributed by atoms with van der Waals surface area (Å²) in [6, 6.07) is 20.9. The molecular weight excluding hydrogens is 444 g/mol. The first kappa shape index (κ1) is 25.6. The van der Waals surface area contributed by atoms with Gasteiger partial charge >= 0.3 is 0 Å². The molecule has 0 saturated carbocycles. The fourth-order valence-corrected chi connectivity index (χ4v) is 4.13. The Bertz CT molecular complexity index is 1050. The van der Waals surface area contributed by atoms with Gasteiger partial charge in [-0.1, -0.05) is 38.1 Å². The number of pyridine rings is 4. The van der Waals surface area contributed by atoms with E-state index in [1.807, 2.05) is 49.1 Å². The Morgan fingerprint density at radius 2 is 0.917 bits per heavy atom. The molecule has 0 radical (unpaired) electrons. The first-order chi connectivity index (χ1) is 17.7. The zero-order valence-electron chi connectivity index (χ0n) is 21.4. The number of rotatable bonds is 13. The van der Waals surface area contributed by atoms with Gasteiger partial charge in [0.05, 0.1) is 22.8 Å². The van der Waals surface area contributed by atoms with E-state index in [0.717, 1.165) is 74.9 Å². The molecular formula is C30H36N6. The fraction of sp³-hybridized carbons (Fsp3) is 0.333. The van der Waals surface area contributed by atoms with Crippen LogP contribution in [0.1, 0.15) is 47.8 Å². The first-order valence-electron chi connectivity index (χ1n) is 12.8. The lowest BCUT2D eigenvalue weighted by Crippen LogP contribution is -2.35. The van der Waals surface area contributed by atoms with Crippen molar-refractivity contribution in [2.24, 2.45) is 0 Å². The maximum atomic E-state index is 4.71. The van der Waals surface area contributed by atoms with Gasteiger partial charge in [0.2, 0.25) is 0 Å². The highest BCUT2D eigenvalue weighted by molar-refractivity contribution is 5.15. The van der Waals surface area contributed by atoms with Crippen LogP contribution in [-0.2, 0) is 39.0 Å². The molecule has 0 fully saturated rings. The van der Waals surface area contributed by atoms with Crippen LogP contribution >= 0.6 is 0 Å². The molecule has 0 N–H and O–H groups in total. The summed E-state index contributed by atoms with van der Waals surface area (Å²) in [6.07, 6.45) is 9.71. The van der Waals surface area contributed by atoms with Crippen LogP contribution in [-0.4, -0.2) is 42.8 Å². The maximum absolute atomic E-state index is 4.71. The molecule has 186 valence electrons. The van der Waals surface area contributed by atoms with E-state index in [1.165, 1.54) is 11.1 Å². The number of hydrogen-bond acceptors (Lipinski definition) is 6. The van der Waals surface area contributed by atoms with Crippen molar-refractivity contribution in [2.75, 3.05) is 13.1 Å². The van der Waals surface area contributed by atoms with Crippen molar-refractivity contribution in [3.05, 3.63) is 119 Å². The van der Waals surface area contributed by atoms with Gasteiger partial charge in [-0.2, -0.15) is 0 Å². The van der Waals surface area contributed by atoms with Crippen molar-refractivity contribution in [1.29, 1.82) is 0 Å². The normalized spacial score (nSPS) is 11.3. The molecule has 0 aromatic carbocycles. The minimum atomic E-state index is 0.777. The van der Waals surface area contributed by atoms with Crippen molar-refractivity contribution in [3.8, 4) is 0 Å². The minimum absolute atomic E-state index is 0.777. The predicted octanol–water partition coefficient (Wildman–Crippen LogP) is 5.10. The quantitative estimate of drug-likeness (QED) is 0.265. The second-order valence-electron chi connectivity index (χ2n) is 9.09. The second kappa shape index (κ2) is 13.6. The van der Waals surface area contributed by atoms with E-state index in [1.54, 1.807) is 0 Å². The number of hydrogen-bond donors (Lipinski definition) is 0. The zero-order valence-corrected chi connectivity index (χ0v) is 21.4. The minimum Gasteiger partial charge on any atom is -0.290 e. The molecule has 0 aliphatic heterocycles. The van der Waals surface area contributed by atoms with Gasteiger partial charge in [-0.15, -0.1) is 0 Å². The summed E-state index contributed by atoms with van der Waals surface area (Å²) in [5, 5.41) is 0. The summed E-state index contributed by atoms with van der Waals surface area (Å²) >= 11 is 0. The van der Waals surface area contributed by atoms with Crippen molar-refractivity contribution >= 4 is 0 Å². The average molecular weight is 481 g/mol. The van der Waals surface area contributed by atoms with Gasteiger partial charge in [0.1, 0.15) is 0 Å². The Balaban J connectivity index is 1.48. The summed E-state index contributed by atoms with van der Waals surface area (Å²) < 4.78 is 0. The van der Waals surface area contributed by atoms with Crippen LogP contribution in [0, 0.1) is 0 Å². The molecule has 0 atom stereocenters. The van der Waals surface area contributed by atoms with Gasteiger partial charge in [0.25, 0.3) is 0 Å². The largest absolute Gasteiger partial charge is 0.290 e. The Hall–Kier alpha value is -3.48. The molecule has 0 spiro atoms. The summed E-state index contributed by atoms with van der Waals surface area (Å²) in [4.78, 5) is 23.4. The highest BCUT2D eigenvalue weighted by Crippen LogP contribution is 2.12. The molecule has 4 rings (SSSR count). The van der Waals surface area contributed by atoms with Gasteiger partial charge in [0.15, 0.2) is 0 Å². The molecule has 36 heavy (non-hydrogen) atoms. The van der Waals surface area contributed by atoms with E-state index >= 15 is 0 Å². The van der Waals surface area contributed by atoms with E-state index in [4.69, 9.17) is 9.97 Å². The third-order valence-electron chi connectivity index (χ3n) is 6.32. The lowest BCUT2D eigenvalue weighted by atomic mass is 10.2. The van der Waals surface area contributed by atoms with Crippen LogP contribution in [0.4, 0.5) is 0 Å². The van der Waals surface area contributed by atoms with Crippen molar-refractivity contribution in [3.63, 3.8) is 0 Å². The van der Waals surface area contributed by atoms with Crippen LogP contribution < -0.4 is 0 Å². The predicted molar refractivity (Wildman–Crippen MR) is 144 cm³/mol. The van der Waals surface area contributed by atoms with Crippen LogP contribution in [0.3, 0.4) is 0 Å². The standard InChI is InChI=1S/C30H36N6/c1-3-25-11-13-29(33-19-25)23-35(21-27-9-5-7-15-31-27)17-18-36(22-28-10-6-8-16-32-28)24-30-14-12-26(4-2)20-34-30/h5-16,19-20H,3-4,17-18,21-24H2,1-2H3. The lowest BCUT2D eigenvalue weighted by molar-refractivity contribution is 0.178. The van der Waals surface area contributed by atoms with E-state index in [2.05, 4.69) is 70.0 Å². The molecule has 6 heteroatoms. The van der Waals surface area contributed by atoms with Crippen molar-refractivity contribution in [2.45, 2.75) is 52.9 Å². The second-order valence-corrected chi connectivity index (χ2v) is 9.09. The van der Waals surface area contributed by atoms with Crippen LogP contribution in [0.25, 0.3) is 0 Å². The SMILES string of the molecule is CCc1ccc(CN(CCN(Cc2ccccn2)Cc2ccc(CC)cn2)Cc2ccccn2)nc1. The van der Waals surface area contributed by atoms with Gasteiger partial charge < -0.3 is 0 Å². The third kappa shape index (κ3) is 8.04. The van der Waals surface area contributed by atoms with Gasteiger partial charge in [-0.25, -0.2) is 0 Å². The van der Waals surface area contributed by atoms with Gasteiger partial charge in [-0.3, -0.25) is 29.7 Å². The first-order valence-corrected chi connectivity index (χ1v) is 12.8. The topological polar surface area (TPSA) is 58.0 Å². The summed E-state index contributed by atoms with van der Waals surface area (Å²) in [7, 11) is 0. The van der Waals surface area contributed by atoms with Gasteiger partial charge in [-0.05, 0) is 60.4 Å². The van der Waals surface area contributed by atoms with Gasteiger partial charge in [0, 0.05) is 64.1 Å². The molecule has 0 saturated heterocycles. The Labute approximate surface area is 215 Å². The molecule has 0 aliphatic rings. The number of nitrogens with zero attached hydrogens (tertiary/aromatic N) is 6. The maximum Gasteiger partial charge on any atom is 0.0544 e. The van der Waals surface area contributed by atoms with E-state index in [9.17, 15) is 0 Å². The van der Waals surface area contributed by atoms with Crippen molar-refractivity contribution < 1.29 is 0 Å². The summed E-state index contributed by atoms with van der Waals surface area (Å²) in [6.45, 7) is 9.19. The van der Waals surface area contributed by atoms with E-state index in [-0.39, 0.29) is 0 Å². The molecule has 0 amide bonds. The molecule has 4 aromatic heterocycles. The lowest BCUT2D eigenvalue weighted by Gasteiger charge is -2.27. The van der Waals surface area contributed by atoms with Crippen molar-refractivity contribution in [1.82, 2.24) is 29.7 Å². The van der Waals surface area contributed by atoms with E-state index in [0.29, 0.717) is 0 Å². The summed E-state index contributed by atoms with van der Waals surface area (Å²) in [5.74, 6) is 0. The Morgan fingerprint density at radius 1 is 0.500 bits per heavy atom. The fourth-order valence-electron chi connectivity index (χ4n) is 4.13. The van der Waals surface area contributed by atoms with E-state index < -0.39 is 0 Å². The number of aromatic nitrogens is 4. The molecule has 4 aromatic rings. The summed E-state index contributed by atoms with van der Waals surface area (Å²) in [5.41, 5.74) is 6.82. The molecule has 4 heterocycles. The smallest absolute Gasteiger partial charge is 0.0544 e. The third-order valence-corrected chi connectivity index (χ3v) is 6.32.